The van der Waals surface area contributed by atoms with Gasteiger partial charge in [0.25, 0.3) is 5.91 Å². The quantitative estimate of drug-likeness (QED) is 0.930. The maximum absolute atomic E-state index is 13.5. The van der Waals surface area contributed by atoms with Crippen LogP contribution in [0.2, 0.25) is 0 Å². The van der Waals surface area contributed by atoms with Gasteiger partial charge in [-0.05, 0) is 36.8 Å². The molecule has 0 saturated heterocycles. The number of hydrogen-bond donors (Lipinski definition) is 1. The molecule has 0 aliphatic heterocycles. The van der Waals surface area contributed by atoms with Crippen molar-refractivity contribution >= 4 is 27.7 Å². The number of halogens is 2. The normalized spacial score (nSPS) is 10.2. The monoisotopic (exact) mass is 338 g/mol. The minimum absolute atomic E-state index is 0.0280. The summed E-state index contributed by atoms with van der Waals surface area (Å²) in [6.07, 6.45) is 1.64. The van der Waals surface area contributed by atoms with Crippen molar-refractivity contribution in [3.63, 3.8) is 0 Å². The number of nitrogens with zero attached hydrogens (tertiary/aromatic N) is 1. The van der Waals surface area contributed by atoms with Crippen molar-refractivity contribution in [1.29, 1.82) is 0 Å². The van der Waals surface area contributed by atoms with E-state index in [1.807, 2.05) is 13.0 Å². The summed E-state index contributed by atoms with van der Waals surface area (Å²) >= 11 is 3.14. The number of hydrogen-bond acceptors (Lipinski definition) is 3. The number of pyridine rings is 1. The molecule has 0 fully saturated rings. The number of benzene rings is 1. The van der Waals surface area contributed by atoms with E-state index in [1.165, 1.54) is 12.1 Å². The number of nitrogens with one attached hydrogen (secondary N) is 1. The van der Waals surface area contributed by atoms with Crippen molar-refractivity contribution < 1.29 is 13.9 Å². The average Bonchev–Trinajstić information content (AvgIpc) is 2.40. The van der Waals surface area contributed by atoms with Gasteiger partial charge in [-0.2, -0.15) is 0 Å². The molecular formula is C14H12BrFN2O2. The number of carbonyl (C=O) groups is 1. The van der Waals surface area contributed by atoms with Gasteiger partial charge < -0.3 is 10.1 Å². The molecule has 2 rings (SSSR count). The van der Waals surface area contributed by atoms with Crippen LogP contribution in [0.1, 0.15) is 5.56 Å². The van der Waals surface area contributed by atoms with Gasteiger partial charge in [-0.25, -0.2) is 9.37 Å². The summed E-state index contributed by atoms with van der Waals surface area (Å²) in [7, 11) is 0. The molecule has 0 aliphatic carbocycles. The average molecular weight is 339 g/mol. The summed E-state index contributed by atoms with van der Waals surface area (Å²) in [6, 6.07) is 7.88. The number of aromatic nitrogens is 1. The highest BCUT2D eigenvalue weighted by Crippen LogP contribution is 2.21. The van der Waals surface area contributed by atoms with Gasteiger partial charge in [-0.3, -0.25) is 4.79 Å². The van der Waals surface area contributed by atoms with E-state index in [0.717, 1.165) is 5.56 Å². The van der Waals surface area contributed by atoms with Crippen LogP contribution in [0.25, 0.3) is 0 Å². The van der Waals surface area contributed by atoms with Crippen LogP contribution in [0.4, 0.5) is 10.2 Å². The largest absolute Gasteiger partial charge is 0.481 e. The third-order valence-electron chi connectivity index (χ3n) is 2.43. The van der Waals surface area contributed by atoms with Gasteiger partial charge in [-0.1, -0.05) is 22.0 Å². The zero-order chi connectivity index (χ0) is 14.5. The highest BCUT2D eigenvalue weighted by atomic mass is 79.9. The summed E-state index contributed by atoms with van der Waals surface area (Å²) in [6.45, 7) is 1.62. The van der Waals surface area contributed by atoms with Crippen molar-refractivity contribution in [2.75, 3.05) is 11.9 Å². The Balaban J connectivity index is 1.90. The second kappa shape index (κ2) is 6.47. The van der Waals surface area contributed by atoms with E-state index in [0.29, 0.717) is 10.3 Å². The molecule has 0 unspecified atom stereocenters. The first-order valence-corrected chi connectivity index (χ1v) is 6.64. The van der Waals surface area contributed by atoms with Gasteiger partial charge in [0.1, 0.15) is 5.82 Å². The Labute approximate surface area is 124 Å². The minimum Gasteiger partial charge on any atom is -0.481 e. The molecule has 1 N–H and O–H groups in total. The first-order chi connectivity index (χ1) is 9.54. The van der Waals surface area contributed by atoms with Crippen molar-refractivity contribution in [3.8, 4) is 5.75 Å². The fourth-order valence-corrected chi connectivity index (χ4v) is 1.79. The summed E-state index contributed by atoms with van der Waals surface area (Å²) < 4.78 is 19.2. The summed E-state index contributed by atoms with van der Waals surface area (Å²) in [5, 5.41) is 2.56. The predicted molar refractivity (Wildman–Crippen MR) is 77.2 cm³/mol. The Hall–Kier alpha value is -1.95. The Morgan fingerprint density at radius 2 is 2.20 bits per heavy atom. The number of carbonyl (C=O) groups excluding carboxylic acids is 1. The van der Waals surface area contributed by atoms with E-state index in [-0.39, 0.29) is 12.4 Å². The second-order valence-electron chi connectivity index (χ2n) is 4.13. The van der Waals surface area contributed by atoms with Gasteiger partial charge in [0.15, 0.2) is 18.2 Å². The SMILES string of the molecule is Cc1ccc(NC(=O)COc2ccc(Br)cc2F)nc1. The first kappa shape index (κ1) is 14.5. The highest BCUT2D eigenvalue weighted by Gasteiger charge is 2.08. The topological polar surface area (TPSA) is 51.2 Å². The van der Waals surface area contributed by atoms with Gasteiger partial charge in [0.05, 0.1) is 0 Å². The highest BCUT2D eigenvalue weighted by molar-refractivity contribution is 9.10. The van der Waals surface area contributed by atoms with Crippen LogP contribution < -0.4 is 10.1 Å². The molecule has 0 bridgehead atoms. The lowest BCUT2D eigenvalue weighted by atomic mass is 10.3. The van der Waals surface area contributed by atoms with Gasteiger partial charge in [0, 0.05) is 10.7 Å². The van der Waals surface area contributed by atoms with E-state index in [9.17, 15) is 9.18 Å². The summed E-state index contributed by atoms with van der Waals surface area (Å²) in [5.74, 6) is -0.468. The molecule has 20 heavy (non-hydrogen) atoms. The number of rotatable bonds is 4. The van der Waals surface area contributed by atoms with Crippen LogP contribution >= 0.6 is 15.9 Å². The number of aryl methyl sites for hydroxylation is 1. The molecule has 1 aromatic heterocycles. The number of ether oxygens (including phenoxy) is 1. The Morgan fingerprint density at radius 1 is 1.40 bits per heavy atom. The molecule has 2 aromatic rings. The molecule has 1 aromatic carbocycles. The van der Waals surface area contributed by atoms with Crippen LogP contribution in [0, 0.1) is 12.7 Å². The van der Waals surface area contributed by atoms with Crippen molar-refractivity contribution in [2.45, 2.75) is 6.92 Å². The van der Waals surface area contributed by atoms with E-state index in [4.69, 9.17) is 4.74 Å². The predicted octanol–water partition coefficient (Wildman–Crippen LogP) is 3.31. The molecule has 0 spiro atoms. The maximum atomic E-state index is 13.5. The van der Waals surface area contributed by atoms with Gasteiger partial charge >= 0.3 is 0 Å². The van der Waals surface area contributed by atoms with Crippen LogP contribution in [-0.4, -0.2) is 17.5 Å². The second-order valence-corrected chi connectivity index (χ2v) is 5.05. The lowest BCUT2D eigenvalue weighted by molar-refractivity contribution is -0.118. The molecule has 0 saturated carbocycles. The molecule has 0 aliphatic rings. The van der Waals surface area contributed by atoms with E-state index in [1.54, 1.807) is 18.3 Å². The first-order valence-electron chi connectivity index (χ1n) is 5.85. The Bertz CT molecular complexity index is 617. The Morgan fingerprint density at radius 3 is 2.85 bits per heavy atom. The van der Waals surface area contributed by atoms with E-state index in [2.05, 4.69) is 26.2 Å². The zero-order valence-electron chi connectivity index (χ0n) is 10.7. The van der Waals surface area contributed by atoms with Crippen molar-refractivity contribution in [3.05, 3.63) is 52.4 Å². The fourth-order valence-electron chi connectivity index (χ4n) is 1.46. The molecule has 1 heterocycles. The Kier molecular flexibility index (Phi) is 4.68. The van der Waals surface area contributed by atoms with Crippen molar-refractivity contribution in [2.24, 2.45) is 0 Å². The molecule has 6 heteroatoms. The zero-order valence-corrected chi connectivity index (χ0v) is 12.3. The molecular weight excluding hydrogens is 327 g/mol. The lowest BCUT2D eigenvalue weighted by Crippen LogP contribution is -2.21. The third-order valence-corrected chi connectivity index (χ3v) is 2.92. The molecule has 4 nitrogen and oxygen atoms in total. The fraction of sp³-hybridized carbons (Fsp3) is 0.143. The van der Waals surface area contributed by atoms with Crippen LogP contribution in [0.15, 0.2) is 41.0 Å². The smallest absolute Gasteiger partial charge is 0.263 e. The number of anilines is 1. The maximum Gasteiger partial charge on any atom is 0.263 e. The van der Waals surface area contributed by atoms with E-state index < -0.39 is 11.7 Å². The van der Waals surface area contributed by atoms with Crippen LogP contribution in [0.5, 0.6) is 5.75 Å². The molecule has 0 radical (unpaired) electrons. The van der Waals surface area contributed by atoms with Crippen LogP contribution in [-0.2, 0) is 4.79 Å². The lowest BCUT2D eigenvalue weighted by Gasteiger charge is -2.08. The molecule has 0 atom stereocenters. The number of amides is 1. The third kappa shape index (κ3) is 4.03. The summed E-state index contributed by atoms with van der Waals surface area (Å²) in [4.78, 5) is 15.7. The molecule has 1 amide bonds. The van der Waals surface area contributed by atoms with E-state index >= 15 is 0 Å². The van der Waals surface area contributed by atoms with Crippen molar-refractivity contribution in [1.82, 2.24) is 4.98 Å². The van der Waals surface area contributed by atoms with Crippen LogP contribution in [0.3, 0.4) is 0 Å². The standard InChI is InChI=1S/C14H12BrFN2O2/c1-9-2-5-13(17-7-9)18-14(19)8-20-12-4-3-10(15)6-11(12)16/h2-7H,8H2,1H3,(H,17,18,19). The van der Waals surface area contributed by atoms with Gasteiger partial charge in [0.2, 0.25) is 0 Å². The summed E-state index contributed by atoms with van der Waals surface area (Å²) in [5.41, 5.74) is 0.996. The molecule has 104 valence electrons. The minimum atomic E-state index is -0.527. The van der Waals surface area contributed by atoms with Gasteiger partial charge in [-0.15, -0.1) is 0 Å².